The minimum atomic E-state index is -0.413. The first kappa shape index (κ1) is 20.6. The van der Waals surface area contributed by atoms with Crippen molar-refractivity contribution in [3.05, 3.63) is 48.3 Å². The average Bonchev–Trinajstić information content (AvgIpc) is 3.34. The first-order chi connectivity index (χ1) is 13.0. The molecule has 2 aromatic rings. The highest BCUT2D eigenvalue weighted by Crippen LogP contribution is 2.01. The van der Waals surface area contributed by atoms with Gasteiger partial charge in [-0.3, -0.25) is 20.2 Å². The summed E-state index contributed by atoms with van der Waals surface area (Å²) in [5.74, 6) is -0.451. The summed E-state index contributed by atoms with van der Waals surface area (Å²) >= 11 is 10.2. The van der Waals surface area contributed by atoms with Crippen molar-refractivity contribution < 1.29 is 18.4 Å². The van der Waals surface area contributed by atoms with Gasteiger partial charge in [-0.25, -0.2) is 0 Å². The molecule has 2 rings (SSSR count). The van der Waals surface area contributed by atoms with Crippen LogP contribution >= 0.6 is 24.4 Å². The van der Waals surface area contributed by atoms with Gasteiger partial charge in [-0.1, -0.05) is 6.92 Å². The Balaban J connectivity index is 1.68. The molecule has 0 spiro atoms. The molecule has 0 bridgehead atoms. The van der Waals surface area contributed by atoms with E-state index in [9.17, 15) is 9.59 Å². The number of furan rings is 2. The number of amides is 2. The van der Waals surface area contributed by atoms with Crippen LogP contribution < -0.4 is 21.3 Å². The van der Waals surface area contributed by atoms with Crippen LogP contribution in [0.2, 0.25) is 0 Å². The van der Waals surface area contributed by atoms with Crippen LogP contribution in [-0.4, -0.2) is 34.6 Å². The molecule has 2 aromatic heterocycles. The Morgan fingerprint density at radius 2 is 1.56 bits per heavy atom. The van der Waals surface area contributed by atoms with Gasteiger partial charge in [0.15, 0.2) is 21.7 Å². The maximum Gasteiger partial charge on any atom is 0.293 e. The van der Waals surface area contributed by atoms with Gasteiger partial charge in [0.2, 0.25) is 0 Å². The number of hydrogen-bond donors (Lipinski definition) is 4. The van der Waals surface area contributed by atoms with E-state index in [1.54, 1.807) is 24.3 Å². The zero-order chi connectivity index (χ0) is 19.6. The van der Waals surface area contributed by atoms with Crippen molar-refractivity contribution in [3.8, 4) is 0 Å². The van der Waals surface area contributed by atoms with Gasteiger partial charge in [-0.05, 0) is 61.5 Å². The van der Waals surface area contributed by atoms with Crippen LogP contribution in [0.4, 0.5) is 0 Å². The standard InChI is InChI=1S/C17H20N4O4S2/c1-2-11(19-17(27)21-15(23)13-6-4-10-25-13)7-8-18-16(26)20-14(22)12-5-3-9-24-12/h3-6,9-11H,2,7-8H2,1H3,(H2,18,20,22,26)(H2,19,21,23,27)/t11-/m0/s1. The van der Waals surface area contributed by atoms with E-state index in [2.05, 4.69) is 21.3 Å². The summed E-state index contributed by atoms with van der Waals surface area (Å²) in [6, 6.07) is 6.37. The maximum atomic E-state index is 11.9. The van der Waals surface area contributed by atoms with Crippen molar-refractivity contribution in [2.75, 3.05) is 6.54 Å². The normalized spacial score (nSPS) is 11.3. The molecule has 2 heterocycles. The Labute approximate surface area is 167 Å². The molecular weight excluding hydrogens is 388 g/mol. The number of thiocarbonyl (C=S) groups is 2. The summed E-state index contributed by atoms with van der Waals surface area (Å²) in [4.78, 5) is 23.7. The average molecular weight is 409 g/mol. The molecule has 0 aliphatic heterocycles. The molecule has 0 saturated carbocycles. The minimum absolute atomic E-state index is 0.0190. The van der Waals surface area contributed by atoms with Crippen molar-refractivity contribution >= 4 is 46.5 Å². The molecule has 0 aromatic carbocycles. The van der Waals surface area contributed by atoms with Gasteiger partial charge >= 0.3 is 0 Å². The number of hydrogen-bond acceptors (Lipinski definition) is 6. The first-order valence-corrected chi connectivity index (χ1v) is 9.09. The van der Waals surface area contributed by atoms with Crippen molar-refractivity contribution in [1.82, 2.24) is 21.3 Å². The molecule has 0 aliphatic rings. The zero-order valence-corrected chi connectivity index (χ0v) is 16.2. The highest BCUT2D eigenvalue weighted by atomic mass is 32.1. The van der Waals surface area contributed by atoms with Crippen LogP contribution in [0.1, 0.15) is 40.9 Å². The lowest BCUT2D eigenvalue weighted by molar-refractivity contribution is 0.0942. The molecule has 144 valence electrons. The molecule has 27 heavy (non-hydrogen) atoms. The van der Waals surface area contributed by atoms with E-state index in [0.717, 1.165) is 6.42 Å². The monoisotopic (exact) mass is 408 g/mol. The third-order valence-corrected chi connectivity index (χ3v) is 4.02. The summed E-state index contributed by atoms with van der Waals surface area (Å²) in [7, 11) is 0. The van der Waals surface area contributed by atoms with Gasteiger partial charge < -0.3 is 19.5 Å². The third kappa shape index (κ3) is 6.83. The van der Waals surface area contributed by atoms with Crippen LogP contribution in [0.3, 0.4) is 0 Å². The highest BCUT2D eigenvalue weighted by Gasteiger charge is 2.14. The van der Waals surface area contributed by atoms with Gasteiger partial charge in [-0.2, -0.15) is 0 Å². The fourth-order valence-electron chi connectivity index (χ4n) is 2.15. The molecule has 0 radical (unpaired) electrons. The molecule has 1 atom stereocenters. The van der Waals surface area contributed by atoms with E-state index in [1.165, 1.54) is 12.5 Å². The largest absolute Gasteiger partial charge is 0.459 e. The summed E-state index contributed by atoms with van der Waals surface area (Å²) < 4.78 is 10.0. The Bertz CT molecular complexity index is 775. The molecule has 0 fully saturated rings. The van der Waals surface area contributed by atoms with E-state index in [0.29, 0.717) is 13.0 Å². The van der Waals surface area contributed by atoms with E-state index >= 15 is 0 Å². The van der Waals surface area contributed by atoms with Crippen molar-refractivity contribution in [3.63, 3.8) is 0 Å². The van der Waals surface area contributed by atoms with Gasteiger partial charge in [0, 0.05) is 12.6 Å². The van der Waals surface area contributed by atoms with Crippen LogP contribution in [-0.2, 0) is 0 Å². The molecule has 8 nitrogen and oxygen atoms in total. The van der Waals surface area contributed by atoms with E-state index in [-0.39, 0.29) is 27.8 Å². The summed E-state index contributed by atoms with van der Waals surface area (Å²) in [5.41, 5.74) is 0. The van der Waals surface area contributed by atoms with Crippen molar-refractivity contribution in [1.29, 1.82) is 0 Å². The molecule has 0 unspecified atom stereocenters. The molecule has 10 heteroatoms. The van der Waals surface area contributed by atoms with Crippen LogP contribution in [0.5, 0.6) is 0 Å². The number of rotatable bonds is 7. The van der Waals surface area contributed by atoms with E-state index in [4.69, 9.17) is 33.3 Å². The Morgan fingerprint density at radius 1 is 1.00 bits per heavy atom. The van der Waals surface area contributed by atoms with Crippen molar-refractivity contribution in [2.24, 2.45) is 0 Å². The molecule has 0 aliphatic carbocycles. The number of carbonyl (C=O) groups is 2. The summed E-state index contributed by atoms with van der Waals surface area (Å²) in [6.45, 7) is 2.50. The van der Waals surface area contributed by atoms with Crippen molar-refractivity contribution in [2.45, 2.75) is 25.8 Å². The lowest BCUT2D eigenvalue weighted by atomic mass is 10.1. The lowest BCUT2D eigenvalue weighted by Gasteiger charge is -2.19. The van der Waals surface area contributed by atoms with Crippen LogP contribution in [0, 0.1) is 0 Å². The fourth-order valence-corrected chi connectivity index (χ4v) is 2.60. The molecule has 0 saturated heterocycles. The number of carbonyl (C=O) groups excluding carboxylic acids is 2. The maximum absolute atomic E-state index is 11.9. The fraction of sp³-hybridized carbons (Fsp3) is 0.294. The molecule has 2 amide bonds. The number of nitrogens with one attached hydrogen (secondary N) is 4. The second-order valence-corrected chi connectivity index (χ2v) is 6.30. The van der Waals surface area contributed by atoms with Gasteiger partial charge in [0.05, 0.1) is 12.5 Å². The third-order valence-electron chi connectivity index (χ3n) is 3.55. The Morgan fingerprint density at radius 3 is 2.04 bits per heavy atom. The minimum Gasteiger partial charge on any atom is -0.459 e. The summed E-state index contributed by atoms with van der Waals surface area (Å²) in [5, 5.41) is 11.5. The predicted octanol–water partition coefficient (Wildman–Crippen LogP) is 1.95. The lowest BCUT2D eigenvalue weighted by Crippen LogP contribution is -2.46. The molecule has 4 N–H and O–H groups in total. The van der Waals surface area contributed by atoms with Gasteiger partial charge in [0.1, 0.15) is 0 Å². The Kier molecular flexibility index (Phi) is 7.96. The first-order valence-electron chi connectivity index (χ1n) is 8.27. The van der Waals surface area contributed by atoms with E-state index in [1.807, 2.05) is 6.92 Å². The van der Waals surface area contributed by atoms with Crippen LogP contribution in [0.15, 0.2) is 45.6 Å². The second-order valence-electron chi connectivity index (χ2n) is 5.49. The highest BCUT2D eigenvalue weighted by molar-refractivity contribution is 7.80. The topological polar surface area (TPSA) is 109 Å². The summed E-state index contributed by atoms with van der Waals surface area (Å²) in [6.07, 6.45) is 4.28. The van der Waals surface area contributed by atoms with Gasteiger partial charge in [0.25, 0.3) is 11.8 Å². The second kappa shape index (κ2) is 10.4. The predicted molar refractivity (Wildman–Crippen MR) is 107 cm³/mol. The zero-order valence-electron chi connectivity index (χ0n) is 14.6. The SMILES string of the molecule is CC[C@@H](CCNC(=S)NC(=O)c1ccco1)NC(=S)NC(=O)c1ccco1. The molecular formula is C17H20N4O4S2. The Hall–Kier alpha value is -2.72. The van der Waals surface area contributed by atoms with E-state index < -0.39 is 11.8 Å². The van der Waals surface area contributed by atoms with Crippen LogP contribution in [0.25, 0.3) is 0 Å². The smallest absolute Gasteiger partial charge is 0.293 e. The van der Waals surface area contributed by atoms with Gasteiger partial charge in [-0.15, -0.1) is 0 Å². The quantitative estimate of drug-likeness (QED) is 0.515.